The molecule has 0 saturated heterocycles. The number of hydrogen-bond acceptors (Lipinski definition) is 8. The van der Waals surface area contributed by atoms with Crippen molar-refractivity contribution in [2.45, 2.75) is 13.0 Å². The Labute approximate surface area is 231 Å². The number of hydrogen-bond donors (Lipinski definition) is 5. The number of aliphatic carboxylic acids is 1. The van der Waals surface area contributed by atoms with Crippen molar-refractivity contribution < 1.29 is 32.5 Å². The summed E-state index contributed by atoms with van der Waals surface area (Å²) in [4.78, 5) is 28.1. The van der Waals surface area contributed by atoms with Crippen molar-refractivity contribution in [3.8, 4) is 17.3 Å². The third kappa shape index (κ3) is 7.62. The monoisotopic (exact) mass is 573 g/mol. The third-order valence-electron chi connectivity index (χ3n) is 5.28. The van der Waals surface area contributed by atoms with E-state index in [1.165, 1.54) is 31.5 Å². The number of anilines is 1. The first-order valence-corrected chi connectivity index (χ1v) is 11.8. The number of benzene rings is 2. The van der Waals surface area contributed by atoms with Crippen LogP contribution in [0, 0.1) is 17.0 Å². The summed E-state index contributed by atoms with van der Waals surface area (Å²) in [5.41, 5.74) is 5.54. The summed E-state index contributed by atoms with van der Waals surface area (Å²) in [6.45, 7) is -0.151. The van der Waals surface area contributed by atoms with E-state index in [9.17, 15) is 13.6 Å². The van der Waals surface area contributed by atoms with E-state index in [0.29, 0.717) is 11.3 Å². The summed E-state index contributed by atoms with van der Waals surface area (Å²) in [6.07, 6.45) is 1.29. The Kier molecular flexibility index (Phi) is 10.0. The fraction of sp³-hybridized carbons (Fsp3) is 0.192. The predicted octanol–water partition coefficient (Wildman–Crippen LogP) is 3.17. The first kappa shape index (κ1) is 30.2. The van der Waals surface area contributed by atoms with E-state index in [4.69, 9.17) is 30.5 Å². The van der Waals surface area contributed by atoms with E-state index in [0.717, 1.165) is 17.7 Å². The Balaban J connectivity index is 0.00000108. The number of pyridine rings is 1. The number of nitrogens with zero attached hydrogens (tertiary/aromatic N) is 3. The number of carbonyl (C=O) groups is 1. The molecule has 0 bridgehead atoms. The number of ether oxygens (including phenoxy) is 2. The van der Waals surface area contributed by atoms with Crippen molar-refractivity contribution in [2.24, 2.45) is 5.73 Å². The molecule has 12 nitrogen and oxygen atoms in total. The molecule has 0 spiro atoms. The van der Waals surface area contributed by atoms with Gasteiger partial charge in [-0.3, -0.25) is 15.2 Å². The van der Waals surface area contributed by atoms with Crippen LogP contribution in [0.4, 0.5) is 18.9 Å². The van der Waals surface area contributed by atoms with Crippen LogP contribution in [0.1, 0.15) is 29.9 Å². The number of rotatable bonds is 10. The molecule has 0 saturated carbocycles. The lowest BCUT2D eigenvalue weighted by Gasteiger charge is -2.21. The number of aromatic amines is 1. The highest BCUT2D eigenvalue weighted by molar-refractivity contribution is 5.95. The average Bonchev–Trinajstić information content (AvgIpc) is 3.32. The van der Waals surface area contributed by atoms with Gasteiger partial charge in [-0.1, -0.05) is 0 Å². The molecule has 1 unspecified atom stereocenters. The lowest BCUT2D eigenvalue weighted by molar-refractivity contribution is -0.134. The normalized spacial score (nSPS) is 11.1. The first-order valence-electron chi connectivity index (χ1n) is 11.8. The molecule has 0 aliphatic heterocycles. The summed E-state index contributed by atoms with van der Waals surface area (Å²) >= 11 is 0. The van der Waals surface area contributed by atoms with E-state index >= 15 is 4.39 Å². The van der Waals surface area contributed by atoms with Crippen LogP contribution >= 0.6 is 0 Å². The number of carboxylic acids is 1. The van der Waals surface area contributed by atoms with Gasteiger partial charge in [-0.05, 0) is 42.5 Å². The minimum absolute atomic E-state index is 0.0637. The molecule has 1 atom stereocenters. The highest BCUT2D eigenvalue weighted by Crippen LogP contribution is 2.35. The average molecular weight is 574 g/mol. The van der Waals surface area contributed by atoms with Crippen LogP contribution in [0.2, 0.25) is 0 Å². The SMILES string of the molecule is CC(=O)O.COc1cc(OCCF)c(F)c(C(Nc2ccc(C(=N)N)cc2)c2nn(-c3ncccc3F)c(=O)[nH]2)c1. The van der Waals surface area contributed by atoms with Gasteiger partial charge in [-0.2, -0.15) is 4.68 Å². The Morgan fingerprint density at radius 2 is 1.93 bits per heavy atom. The van der Waals surface area contributed by atoms with Crippen LogP contribution in [0.3, 0.4) is 0 Å². The highest BCUT2D eigenvalue weighted by atomic mass is 19.1. The molecule has 0 radical (unpaired) electrons. The lowest BCUT2D eigenvalue weighted by Crippen LogP contribution is -2.18. The zero-order chi connectivity index (χ0) is 30.1. The largest absolute Gasteiger partial charge is 0.497 e. The lowest BCUT2D eigenvalue weighted by atomic mass is 10.0. The van der Waals surface area contributed by atoms with Crippen molar-refractivity contribution in [2.75, 3.05) is 25.7 Å². The summed E-state index contributed by atoms with van der Waals surface area (Å²) in [5, 5.41) is 22.2. The molecule has 4 rings (SSSR count). The van der Waals surface area contributed by atoms with Crippen molar-refractivity contribution >= 4 is 17.5 Å². The van der Waals surface area contributed by atoms with Gasteiger partial charge in [-0.15, -0.1) is 5.10 Å². The zero-order valence-corrected chi connectivity index (χ0v) is 21.8. The van der Waals surface area contributed by atoms with Gasteiger partial charge in [0.1, 0.15) is 30.9 Å². The first-order chi connectivity index (χ1) is 19.5. The Bertz CT molecular complexity index is 1570. The molecule has 0 aliphatic rings. The number of H-pyrrole nitrogens is 1. The van der Waals surface area contributed by atoms with Crippen LogP contribution < -0.4 is 26.2 Å². The molecule has 0 aliphatic carbocycles. The maximum absolute atomic E-state index is 15.6. The topological polar surface area (TPSA) is 181 Å². The Hall–Kier alpha value is -5.34. The van der Waals surface area contributed by atoms with E-state index in [1.54, 1.807) is 24.3 Å². The minimum atomic E-state index is -1.16. The maximum Gasteiger partial charge on any atom is 0.349 e. The third-order valence-corrected chi connectivity index (χ3v) is 5.28. The quantitative estimate of drug-likeness (QED) is 0.141. The molecule has 2 aromatic carbocycles. The number of amidine groups is 1. The minimum Gasteiger partial charge on any atom is -0.497 e. The van der Waals surface area contributed by atoms with Crippen molar-refractivity contribution in [3.63, 3.8) is 0 Å². The Morgan fingerprint density at radius 3 is 2.51 bits per heavy atom. The number of halogens is 3. The van der Waals surface area contributed by atoms with Gasteiger partial charge in [0.05, 0.1) is 7.11 Å². The number of carboxylic acid groups (broad SMARTS) is 1. The molecule has 15 heteroatoms. The molecule has 41 heavy (non-hydrogen) atoms. The van der Waals surface area contributed by atoms with Gasteiger partial charge >= 0.3 is 5.69 Å². The summed E-state index contributed by atoms with van der Waals surface area (Å²) in [7, 11) is 1.36. The number of nitrogens with two attached hydrogens (primary N) is 1. The van der Waals surface area contributed by atoms with Crippen molar-refractivity contribution in [3.05, 3.63) is 93.8 Å². The van der Waals surface area contributed by atoms with Crippen LogP contribution in [0.5, 0.6) is 11.5 Å². The van der Waals surface area contributed by atoms with Gasteiger partial charge in [0, 0.05) is 36.0 Å². The zero-order valence-electron chi connectivity index (χ0n) is 21.8. The number of methoxy groups -OCH3 is 1. The summed E-state index contributed by atoms with van der Waals surface area (Å²) in [5.74, 6) is -3.14. The van der Waals surface area contributed by atoms with Crippen LogP contribution in [-0.4, -0.2) is 57.1 Å². The fourth-order valence-electron chi connectivity index (χ4n) is 3.53. The number of nitrogens with one attached hydrogen (secondary N) is 3. The fourth-order valence-corrected chi connectivity index (χ4v) is 3.53. The van der Waals surface area contributed by atoms with Gasteiger partial charge in [0.25, 0.3) is 5.97 Å². The Morgan fingerprint density at radius 1 is 1.24 bits per heavy atom. The second-order valence-electron chi connectivity index (χ2n) is 8.19. The molecule has 2 aromatic heterocycles. The number of aromatic nitrogens is 4. The molecule has 0 fully saturated rings. The molecule has 2 heterocycles. The van der Waals surface area contributed by atoms with Crippen LogP contribution in [0.15, 0.2) is 59.5 Å². The van der Waals surface area contributed by atoms with Crippen LogP contribution in [-0.2, 0) is 4.79 Å². The second-order valence-corrected chi connectivity index (χ2v) is 8.19. The van der Waals surface area contributed by atoms with Crippen LogP contribution in [0.25, 0.3) is 5.82 Å². The molecule has 4 aromatic rings. The van der Waals surface area contributed by atoms with Gasteiger partial charge < -0.3 is 25.6 Å². The number of nitrogen functional groups attached to an aromatic ring is 1. The molecular formula is C26H26F3N7O5. The van der Waals surface area contributed by atoms with Gasteiger partial charge in [-0.25, -0.2) is 22.9 Å². The molecular weight excluding hydrogens is 547 g/mol. The van der Waals surface area contributed by atoms with Gasteiger partial charge in [0.2, 0.25) is 0 Å². The van der Waals surface area contributed by atoms with Crippen molar-refractivity contribution in [1.29, 1.82) is 5.41 Å². The van der Waals surface area contributed by atoms with Gasteiger partial charge in [0.15, 0.2) is 29.0 Å². The molecule has 216 valence electrons. The van der Waals surface area contributed by atoms with E-state index in [-0.39, 0.29) is 34.5 Å². The summed E-state index contributed by atoms with van der Waals surface area (Å²) in [6, 6.07) is 10.3. The predicted molar refractivity (Wildman–Crippen MR) is 143 cm³/mol. The standard InChI is InChI=1S/C24H22F3N7O3.C2H4O2/c1-36-15-11-16(19(27)18(12-15)37-10-8-25)20(31-14-6-4-13(5-7-14)21(28)29)22-32-24(35)34(33-22)23-17(26)3-2-9-30-23;1-2(3)4/h2-7,9,11-12,20,31H,8,10H2,1H3,(H3,28,29)(H,32,33,35);1H3,(H,3,4). The maximum atomic E-state index is 15.6. The molecule has 6 N–H and O–H groups in total. The van der Waals surface area contributed by atoms with Crippen molar-refractivity contribution in [1.82, 2.24) is 19.7 Å². The van der Waals surface area contributed by atoms with E-state index in [1.807, 2.05) is 0 Å². The smallest absolute Gasteiger partial charge is 0.349 e. The molecule has 0 amide bonds. The summed E-state index contributed by atoms with van der Waals surface area (Å²) < 4.78 is 53.9. The van der Waals surface area contributed by atoms with E-state index in [2.05, 4.69) is 20.4 Å². The van der Waals surface area contributed by atoms with E-state index < -0.39 is 42.6 Å². The number of alkyl halides is 1. The highest BCUT2D eigenvalue weighted by Gasteiger charge is 2.27. The second kappa shape index (κ2) is 13.6.